The second kappa shape index (κ2) is 5.91. The Hall–Kier alpha value is -1.97. The summed E-state index contributed by atoms with van der Waals surface area (Å²) >= 11 is 0. The standard InChI is InChI=1S/C19H25N3O/c1-14(23)21-8-10-22(11-9-21)19-13-16(15-4-2-3-5-15)12-18-17(19)6-7-20-18/h6-7,12-13,15,20H,2-5,8-11H2,1H3. The van der Waals surface area contributed by atoms with Crippen molar-refractivity contribution in [1.82, 2.24) is 9.88 Å². The molecule has 23 heavy (non-hydrogen) atoms. The van der Waals surface area contributed by atoms with Gasteiger partial charge >= 0.3 is 0 Å². The highest BCUT2D eigenvalue weighted by molar-refractivity contribution is 5.93. The first-order valence-corrected chi connectivity index (χ1v) is 8.84. The number of carbonyl (C=O) groups is 1. The quantitative estimate of drug-likeness (QED) is 0.922. The third-order valence-corrected chi connectivity index (χ3v) is 5.56. The number of nitrogens with zero attached hydrogens (tertiary/aromatic N) is 2. The van der Waals surface area contributed by atoms with Gasteiger partial charge in [-0.15, -0.1) is 0 Å². The van der Waals surface area contributed by atoms with Gasteiger partial charge in [-0.2, -0.15) is 0 Å². The highest BCUT2D eigenvalue weighted by atomic mass is 16.2. The Bertz CT molecular complexity index is 706. The molecule has 1 saturated carbocycles. The van der Waals surface area contributed by atoms with Crippen molar-refractivity contribution in [2.45, 2.75) is 38.5 Å². The molecule has 2 fully saturated rings. The molecule has 4 heteroatoms. The van der Waals surface area contributed by atoms with E-state index in [-0.39, 0.29) is 5.91 Å². The molecule has 2 aromatic rings. The van der Waals surface area contributed by atoms with Crippen molar-refractivity contribution in [2.24, 2.45) is 0 Å². The summed E-state index contributed by atoms with van der Waals surface area (Å²) in [7, 11) is 0. The molecule has 4 nitrogen and oxygen atoms in total. The first kappa shape index (κ1) is 14.6. The van der Waals surface area contributed by atoms with Crippen molar-refractivity contribution in [3.8, 4) is 0 Å². The Morgan fingerprint density at radius 3 is 2.57 bits per heavy atom. The van der Waals surface area contributed by atoms with E-state index in [4.69, 9.17) is 0 Å². The minimum atomic E-state index is 0.191. The molecule has 0 unspecified atom stereocenters. The molecule has 1 aromatic carbocycles. The van der Waals surface area contributed by atoms with Crippen LogP contribution < -0.4 is 4.90 Å². The maximum atomic E-state index is 11.5. The molecule has 1 amide bonds. The number of carbonyl (C=O) groups excluding carboxylic acids is 1. The van der Waals surface area contributed by atoms with E-state index < -0.39 is 0 Å². The number of aromatic nitrogens is 1. The monoisotopic (exact) mass is 311 g/mol. The van der Waals surface area contributed by atoms with Crippen LogP contribution in [0.3, 0.4) is 0 Å². The first-order chi connectivity index (χ1) is 11.2. The van der Waals surface area contributed by atoms with E-state index in [1.54, 1.807) is 6.92 Å². The minimum absolute atomic E-state index is 0.191. The Balaban J connectivity index is 1.65. The average Bonchev–Trinajstić information content (AvgIpc) is 3.25. The van der Waals surface area contributed by atoms with Crippen LogP contribution in [-0.2, 0) is 4.79 Å². The summed E-state index contributed by atoms with van der Waals surface area (Å²) in [5, 5.41) is 1.31. The normalized spacial score (nSPS) is 19.7. The van der Waals surface area contributed by atoms with Gasteiger partial charge in [0, 0.05) is 55.9 Å². The SMILES string of the molecule is CC(=O)N1CCN(c2cc(C3CCCC3)cc3[nH]ccc23)CC1. The lowest BCUT2D eigenvalue weighted by Gasteiger charge is -2.36. The maximum absolute atomic E-state index is 11.5. The molecule has 2 aliphatic rings. The van der Waals surface area contributed by atoms with E-state index in [9.17, 15) is 4.79 Å². The van der Waals surface area contributed by atoms with Crippen LogP contribution in [0, 0.1) is 0 Å². The number of hydrogen-bond donors (Lipinski definition) is 1. The molecular weight excluding hydrogens is 286 g/mol. The van der Waals surface area contributed by atoms with Crippen LogP contribution in [0.2, 0.25) is 0 Å². The lowest BCUT2D eigenvalue weighted by Crippen LogP contribution is -2.48. The topological polar surface area (TPSA) is 39.3 Å². The van der Waals surface area contributed by atoms with Crippen LogP contribution in [-0.4, -0.2) is 42.0 Å². The number of rotatable bonds is 2. The van der Waals surface area contributed by atoms with Crippen LogP contribution in [0.15, 0.2) is 24.4 Å². The van der Waals surface area contributed by atoms with Gasteiger partial charge in [0.25, 0.3) is 0 Å². The lowest BCUT2D eigenvalue weighted by molar-refractivity contribution is -0.129. The van der Waals surface area contributed by atoms with Crippen molar-refractivity contribution in [3.05, 3.63) is 30.0 Å². The van der Waals surface area contributed by atoms with Crippen LogP contribution in [0.5, 0.6) is 0 Å². The Labute approximate surface area is 137 Å². The predicted octanol–water partition coefficient (Wildman–Crippen LogP) is 3.49. The molecule has 0 spiro atoms. The zero-order valence-corrected chi connectivity index (χ0v) is 13.8. The molecule has 1 aromatic heterocycles. The number of aromatic amines is 1. The number of nitrogens with one attached hydrogen (secondary N) is 1. The highest BCUT2D eigenvalue weighted by Gasteiger charge is 2.23. The van der Waals surface area contributed by atoms with Gasteiger partial charge < -0.3 is 14.8 Å². The molecule has 0 atom stereocenters. The molecule has 1 aliphatic carbocycles. The minimum Gasteiger partial charge on any atom is -0.367 e. The van der Waals surface area contributed by atoms with Crippen LogP contribution >= 0.6 is 0 Å². The zero-order chi connectivity index (χ0) is 15.8. The molecule has 1 saturated heterocycles. The molecule has 1 N–H and O–H groups in total. The van der Waals surface area contributed by atoms with Gasteiger partial charge in [-0.3, -0.25) is 4.79 Å². The molecule has 1 aliphatic heterocycles. The van der Waals surface area contributed by atoms with E-state index >= 15 is 0 Å². The molecule has 122 valence electrons. The van der Waals surface area contributed by atoms with Gasteiger partial charge in [-0.05, 0) is 42.5 Å². The second-order valence-corrected chi connectivity index (χ2v) is 6.95. The smallest absolute Gasteiger partial charge is 0.219 e. The third kappa shape index (κ3) is 2.71. The van der Waals surface area contributed by atoms with E-state index in [0.29, 0.717) is 0 Å². The van der Waals surface area contributed by atoms with Crippen LogP contribution in [0.25, 0.3) is 10.9 Å². The maximum Gasteiger partial charge on any atom is 0.219 e. The summed E-state index contributed by atoms with van der Waals surface area (Å²) in [5.41, 5.74) is 4.08. The van der Waals surface area contributed by atoms with Gasteiger partial charge in [0.2, 0.25) is 5.91 Å². The number of anilines is 1. The summed E-state index contributed by atoms with van der Waals surface area (Å²) in [6.07, 6.45) is 7.41. The fourth-order valence-electron chi connectivity index (χ4n) is 4.19. The Morgan fingerprint density at radius 2 is 1.87 bits per heavy atom. The average molecular weight is 311 g/mol. The molecule has 0 bridgehead atoms. The first-order valence-electron chi connectivity index (χ1n) is 8.84. The molecule has 4 rings (SSSR count). The number of hydrogen-bond acceptors (Lipinski definition) is 2. The number of piperazine rings is 1. The Kier molecular flexibility index (Phi) is 3.76. The summed E-state index contributed by atoms with van der Waals surface area (Å²) in [6, 6.07) is 6.94. The fraction of sp³-hybridized carbons (Fsp3) is 0.526. The summed E-state index contributed by atoms with van der Waals surface area (Å²) in [5.74, 6) is 0.913. The lowest BCUT2D eigenvalue weighted by atomic mass is 9.95. The largest absolute Gasteiger partial charge is 0.367 e. The van der Waals surface area contributed by atoms with Crippen LogP contribution in [0.1, 0.15) is 44.1 Å². The summed E-state index contributed by atoms with van der Waals surface area (Å²) in [4.78, 5) is 19.3. The highest BCUT2D eigenvalue weighted by Crippen LogP contribution is 2.38. The molecule has 0 radical (unpaired) electrons. The van der Waals surface area contributed by atoms with E-state index in [1.165, 1.54) is 47.8 Å². The van der Waals surface area contributed by atoms with Gasteiger partial charge in [-0.25, -0.2) is 0 Å². The van der Waals surface area contributed by atoms with Gasteiger partial charge in [0.1, 0.15) is 0 Å². The Morgan fingerprint density at radius 1 is 1.13 bits per heavy atom. The fourth-order valence-corrected chi connectivity index (χ4v) is 4.19. The number of benzene rings is 1. The zero-order valence-electron chi connectivity index (χ0n) is 13.8. The van der Waals surface area contributed by atoms with E-state index in [0.717, 1.165) is 32.1 Å². The molecule has 2 heterocycles. The summed E-state index contributed by atoms with van der Waals surface area (Å²) < 4.78 is 0. The molecular formula is C19H25N3O. The van der Waals surface area contributed by atoms with Crippen molar-refractivity contribution in [2.75, 3.05) is 31.1 Å². The third-order valence-electron chi connectivity index (χ3n) is 5.56. The van der Waals surface area contributed by atoms with Gasteiger partial charge in [0.15, 0.2) is 0 Å². The van der Waals surface area contributed by atoms with Gasteiger partial charge in [-0.1, -0.05) is 12.8 Å². The van der Waals surface area contributed by atoms with E-state index in [2.05, 4.69) is 28.1 Å². The number of H-pyrrole nitrogens is 1. The summed E-state index contributed by atoms with van der Waals surface area (Å²) in [6.45, 7) is 5.17. The van der Waals surface area contributed by atoms with E-state index in [1.807, 2.05) is 11.1 Å². The van der Waals surface area contributed by atoms with Crippen molar-refractivity contribution in [3.63, 3.8) is 0 Å². The second-order valence-electron chi connectivity index (χ2n) is 6.95. The number of fused-ring (bicyclic) bond motifs is 1. The van der Waals surface area contributed by atoms with Crippen LogP contribution in [0.4, 0.5) is 5.69 Å². The van der Waals surface area contributed by atoms with Crippen molar-refractivity contribution >= 4 is 22.5 Å². The number of amides is 1. The van der Waals surface area contributed by atoms with Crippen molar-refractivity contribution < 1.29 is 4.79 Å². The van der Waals surface area contributed by atoms with Crippen molar-refractivity contribution in [1.29, 1.82) is 0 Å². The predicted molar refractivity (Wildman–Crippen MR) is 94.0 cm³/mol. The van der Waals surface area contributed by atoms with Gasteiger partial charge in [0.05, 0.1) is 0 Å².